The Morgan fingerprint density at radius 1 is 1.10 bits per heavy atom. The molecule has 1 aliphatic rings. The van der Waals surface area contributed by atoms with Crippen LogP contribution in [0.2, 0.25) is 0 Å². The molecule has 0 heterocycles. The molecule has 1 aromatic carbocycles. The number of benzene rings is 1. The predicted octanol–water partition coefficient (Wildman–Crippen LogP) is 3.30. The molecule has 0 saturated heterocycles. The molecule has 1 atom stereocenters. The van der Waals surface area contributed by atoms with Crippen LogP contribution in [0.3, 0.4) is 0 Å². The Bertz CT molecular complexity index is 370. The number of rotatable bonds is 7. The quantitative estimate of drug-likeness (QED) is 0.714. The Morgan fingerprint density at radius 2 is 1.70 bits per heavy atom. The molecule has 1 unspecified atom stereocenters. The lowest BCUT2D eigenvalue weighted by atomic mass is 9.95. The smallest absolute Gasteiger partial charge is 0.172 e. The van der Waals surface area contributed by atoms with Crippen LogP contribution in [0.4, 0.5) is 0 Å². The molecule has 3 heteroatoms. The molecule has 0 bridgehead atoms. The van der Waals surface area contributed by atoms with Crippen LogP contribution in [0.25, 0.3) is 0 Å². The molecule has 1 saturated carbocycles. The van der Waals surface area contributed by atoms with Gasteiger partial charge in [-0.15, -0.1) is 0 Å². The number of ether oxygens (including phenoxy) is 2. The maximum absolute atomic E-state index is 5.57. The standard InChI is InChI=1S/C17H27NO2/c1-18(13-14-9-5-4-6-10-14)16(17(19-2)20-3)15-11-7-8-12-15/h4-6,9-10,15-17H,7-8,11-13H2,1-3H3. The van der Waals surface area contributed by atoms with Crippen molar-refractivity contribution in [2.24, 2.45) is 5.92 Å². The second kappa shape index (κ2) is 7.77. The number of nitrogens with zero attached hydrogens (tertiary/aromatic N) is 1. The summed E-state index contributed by atoms with van der Waals surface area (Å²) in [6, 6.07) is 10.9. The fraction of sp³-hybridized carbons (Fsp3) is 0.647. The third-order valence-corrected chi connectivity index (χ3v) is 4.41. The zero-order chi connectivity index (χ0) is 14.4. The summed E-state index contributed by atoms with van der Waals surface area (Å²) in [7, 11) is 5.67. The molecule has 0 radical (unpaired) electrons. The largest absolute Gasteiger partial charge is 0.354 e. The minimum absolute atomic E-state index is 0.146. The van der Waals surface area contributed by atoms with E-state index in [9.17, 15) is 0 Å². The number of hydrogen-bond donors (Lipinski definition) is 0. The summed E-state index contributed by atoms with van der Waals surface area (Å²) in [4.78, 5) is 2.39. The van der Waals surface area contributed by atoms with Crippen LogP contribution in [-0.2, 0) is 16.0 Å². The summed E-state index contributed by atoms with van der Waals surface area (Å²) < 4.78 is 11.1. The Kier molecular flexibility index (Phi) is 6.02. The van der Waals surface area contributed by atoms with Crippen molar-refractivity contribution in [2.75, 3.05) is 21.3 Å². The van der Waals surface area contributed by atoms with Crippen molar-refractivity contribution in [3.05, 3.63) is 35.9 Å². The third-order valence-electron chi connectivity index (χ3n) is 4.41. The Morgan fingerprint density at radius 3 is 2.25 bits per heavy atom. The highest BCUT2D eigenvalue weighted by Crippen LogP contribution is 2.33. The van der Waals surface area contributed by atoms with Gasteiger partial charge in [-0.25, -0.2) is 0 Å². The Labute approximate surface area is 122 Å². The number of likely N-dealkylation sites (N-methyl/N-ethyl adjacent to an activating group) is 1. The molecule has 1 aliphatic carbocycles. The fourth-order valence-electron chi connectivity index (χ4n) is 3.44. The number of hydrogen-bond acceptors (Lipinski definition) is 3. The summed E-state index contributed by atoms with van der Waals surface area (Å²) in [5.41, 5.74) is 1.34. The van der Waals surface area contributed by atoms with Crippen LogP contribution in [0.1, 0.15) is 31.2 Å². The first-order chi connectivity index (χ1) is 9.76. The van der Waals surface area contributed by atoms with Gasteiger partial charge in [0.15, 0.2) is 6.29 Å². The minimum atomic E-state index is -0.146. The summed E-state index contributed by atoms with van der Waals surface area (Å²) >= 11 is 0. The molecule has 0 aromatic heterocycles. The molecule has 1 fully saturated rings. The first kappa shape index (κ1) is 15.5. The minimum Gasteiger partial charge on any atom is -0.354 e. The molecular weight excluding hydrogens is 250 g/mol. The van der Waals surface area contributed by atoms with Crippen LogP contribution >= 0.6 is 0 Å². The van der Waals surface area contributed by atoms with Crippen molar-refractivity contribution < 1.29 is 9.47 Å². The van der Waals surface area contributed by atoms with E-state index in [0.29, 0.717) is 12.0 Å². The van der Waals surface area contributed by atoms with Gasteiger partial charge in [-0.3, -0.25) is 4.90 Å². The van der Waals surface area contributed by atoms with Gasteiger partial charge in [0, 0.05) is 20.8 Å². The monoisotopic (exact) mass is 277 g/mol. The van der Waals surface area contributed by atoms with Crippen molar-refractivity contribution in [3.8, 4) is 0 Å². The Balaban J connectivity index is 2.08. The number of methoxy groups -OCH3 is 2. The van der Waals surface area contributed by atoms with Crippen molar-refractivity contribution >= 4 is 0 Å². The zero-order valence-electron chi connectivity index (χ0n) is 12.9. The second-order valence-electron chi connectivity index (χ2n) is 5.78. The Hall–Kier alpha value is -0.900. The third kappa shape index (κ3) is 3.81. The summed E-state index contributed by atoms with van der Waals surface area (Å²) in [5.74, 6) is 0.675. The normalized spacial score (nSPS) is 18.1. The fourth-order valence-corrected chi connectivity index (χ4v) is 3.44. The van der Waals surface area contributed by atoms with Crippen molar-refractivity contribution in [3.63, 3.8) is 0 Å². The molecule has 0 spiro atoms. The van der Waals surface area contributed by atoms with E-state index < -0.39 is 0 Å². The van der Waals surface area contributed by atoms with E-state index in [0.717, 1.165) is 6.54 Å². The van der Waals surface area contributed by atoms with Crippen LogP contribution < -0.4 is 0 Å². The SMILES string of the molecule is COC(OC)C(C1CCCC1)N(C)Cc1ccccc1. The van der Waals surface area contributed by atoms with Gasteiger partial charge in [0.05, 0.1) is 6.04 Å². The van der Waals surface area contributed by atoms with E-state index in [-0.39, 0.29) is 6.29 Å². The van der Waals surface area contributed by atoms with Gasteiger partial charge in [-0.1, -0.05) is 43.2 Å². The molecule has 20 heavy (non-hydrogen) atoms. The summed E-state index contributed by atoms with van der Waals surface area (Å²) in [6.07, 6.45) is 5.09. The summed E-state index contributed by atoms with van der Waals surface area (Å²) in [5, 5.41) is 0. The highest BCUT2D eigenvalue weighted by Gasteiger charge is 2.34. The van der Waals surface area contributed by atoms with E-state index in [4.69, 9.17) is 9.47 Å². The van der Waals surface area contributed by atoms with Crippen LogP contribution in [0, 0.1) is 5.92 Å². The van der Waals surface area contributed by atoms with Gasteiger partial charge in [-0.05, 0) is 31.4 Å². The zero-order valence-corrected chi connectivity index (χ0v) is 12.9. The molecular formula is C17H27NO2. The van der Waals surface area contributed by atoms with Crippen LogP contribution in [0.15, 0.2) is 30.3 Å². The predicted molar refractivity (Wildman–Crippen MR) is 81.5 cm³/mol. The highest BCUT2D eigenvalue weighted by atomic mass is 16.7. The van der Waals surface area contributed by atoms with Crippen LogP contribution in [0.5, 0.6) is 0 Å². The first-order valence-corrected chi connectivity index (χ1v) is 7.56. The van der Waals surface area contributed by atoms with E-state index >= 15 is 0 Å². The van der Waals surface area contributed by atoms with Gasteiger partial charge < -0.3 is 9.47 Å². The molecule has 1 aromatic rings. The molecule has 0 aliphatic heterocycles. The molecule has 3 nitrogen and oxygen atoms in total. The van der Waals surface area contributed by atoms with E-state index in [1.54, 1.807) is 14.2 Å². The average molecular weight is 277 g/mol. The van der Waals surface area contributed by atoms with E-state index in [1.807, 2.05) is 0 Å². The first-order valence-electron chi connectivity index (χ1n) is 7.56. The molecule has 2 rings (SSSR count). The van der Waals surface area contributed by atoms with Gasteiger partial charge in [0.25, 0.3) is 0 Å². The lowest BCUT2D eigenvalue weighted by Crippen LogP contribution is -2.47. The molecule has 0 N–H and O–H groups in total. The van der Waals surface area contributed by atoms with E-state index in [2.05, 4.69) is 42.3 Å². The lowest BCUT2D eigenvalue weighted by molar-refractivity contribution is -0.157. The highest BCUT2D eigenvalue weighted by molar-refractivity contribution is 5.14. The van der Waals surface area contributed by atoms with Crippen LogP contribution in [-0.4, -0.2) is 38.5 Å². The second-order valence-corrected chi connectivity index (χ2v) is 5.78. The maximum Gasteiger partial charge on any atom is 0.172 e. The maximum atomic E-state index is 5.57. The van der Waals surface area contributed by atoms with Crippen molar-refractivity contribution in [2.45, 2.75) is 44.6 Å². The molecule has 0 amide bonds. The van der Waals surface area contributed by atoms with E-state index in [1.165, 1.54) is 31.2 Å². The van der Waals surface area contributed by atoms with Gasteiger partial charge in [0.2, 0.25) is 0 Å². The van der Waals surface area contributed by atoms with Crippen molar-refractivity contribution in [1.82, 2.24) is 4.90 Å². The average Bonchev–Trinajstić information content (AvgIpc) is 2.99. The topological polar surface area (TPSA) is 21.7 Å². The summed E-state index contributed by atoms with van der Waals surface area (Å²) in [6.45, 7) is 0.936. The van der Waals surface area contributed by atoms with Gasteiger partial charge >= 0.3 is 0 Å². The molecule has 112 valence electrons. The van der Waals surface area contributed by atoms with Gasteiger partial charge in [0.1, 0.15) is 0 Å². The van der Waals surface area contributed by atoms with Crippen molar-refractivity contribution in [1.29, 1.82) is 0 Å². The lowest BCUT2D eigenvalue weighted by Gasteiger charge is -2.37. The van der Waals surface area contributed by atoms with Gasteiger partial charge in [-0.2, -0.15) is 0 Å².